The first-order valence-corrected chi connectivity index (χ1v) is 6.67. The Morgan fingerprint density at radius 2 is 1.85 bits per heavy atom. The van der Waals surface area contributed by atoms with Crippen LogP contribution in [0.25, 0.3) is 10.9 Å². The monoisotopic (exact) mass is 267 g/mol. The minimum Gasteiger partial charge on any atom is -0.466 e. The molecule has 1 N–H and O–H groups in total. The smallest absolute Gasteiger partial charge is 0.108 e. The van der Waals surface area contributed by atoms with Crippen molar-refractivity contribution in [3.05, 3.63) is 64.7 Å². The second-order valence-corrected chi connectivity index (χ2v) is 5.07. The van der Waals surface area contributed by atoms with Gasteiger partial charge in [-0.15, -0.1) is 0 Å². The Hall–Kier alpha value is -2.13. The first-order valence-electron chi connectivity index (χ1n) is 6.67. The third-order valence-corrected chi connectivity index (χ3v) is 3.87. The van der Waals surface area contributed by atoms with Crippen LogP contribution in [0.5, 0.6) is 0 Å². The predicted molar refractivity (Wildman–Crippen MR) is 78.7 cm³/mol. The lowest BCUT2D eigenvalue weighted by Crippen LogP contribution is -2.03. The number of aromatic nitrogens is 1. The molecule has 0 radical (unpaired) electrons. The van der Waals surface area contributed by atoms with Crippen molar-refractivity contribution in [2.24, 2.45) is 0 Å². The van der Waals surface area contributed by atoms with E-state index in [4.69, 9.17) is 4.42 Å². The summed E-state index contributed by atoms with van der Waals surface area (Å²) in [4.78, 5) is 4.33. The van der Waals surface area contributed by atoms with Gasteiger partial charge in [-0.1, -0.05) is 18.2 Å². The van der Waals surface area contributed by atoms with Gasteiger partial charge in [0, 0.05) is 17.1 Å². The van der Waals surface area contributed by atoms with Crippen LogP contribution in [0.15, 0.2) is 40.9 Å². The second-order valence-electron chi connectivity index (χ2n) is 5.07. The van der Waals surface area contributed by atoms with Crippen molar-refractivity contribution in [1.82, 2.24) is 4.98 Å². The van der Waals surface area contributed by atoms with E-state index < -0.39 is 6.10 Å². The first kappa shape index (κ1) is 12.9. The van der Waals surface area contributed by atoms with Crippen molar-refractivity contribution >= 4 is 10.9 Å². The molecule has 0 bridgehead atoms. The molecule has 3 nitrogen and oxygen atoms in total. The van der Waals surface area contributed by atoms with Crippen molar-refractivity contribution in [3.63, 3.8) is 0 Å². The van der Waals surface area contributed by atoms with Crippen molar-refractivity contribution in [2.75, 3.05) is 0 Å². The highest BCUT2D eigenvalue weighted by Crippen LogP contribution is 2.34. The predicted octanol–water partition coefficient (Wildman–Crippen LogP) is 3.83. The largest absolute Gasteiger partial charge is 0.466 e. The minimum atomic E-state index is -0.694. The van der Waals surface area contributed by atoms with Gasteiger partial charge in [-0.3, -0.25) is 4.98 Å². The van der Waals surface area contributed by atoms with Gasteiger partial charge in [0.05, 0.1) is 5.52 Å². The highest BCUT2D eigenvalue weighted by molar-refractivity contribution is 5.82. The number of fused-ring (bicyclic) bond motifs is 1. The van der Waals surface area contributed by atoms with Gasteiger partial charge in [-0.25, -0.2) is 0 Å². The number of furan rings is 1. The molecule has 20 heavy (non-hydrogen) atoms. The van der Waals surface area contributed by atoms with E-state index in [1.165, 1.54) is 0 Å². The highest BCUT2D eigenvalue weighted by atomic mass is 16.3. The molecule has 2 aromatic heterocycles. The van der Waals surface area contributed by atoms with Gasteiger partial charge in [-0.2, -0.15) is 0 Å². The van der Waals surface area contributed by atoms with Crippen LogP contribution in [0, 0.1) is 20.8 Å². The van der Waals surface area contributed by atoms with Crippen LogP contribution in [0.3, 0.4) is 0 Å². The van der Waals surface area contributed by atoms with Gasteiger partial charge in [0.15, 0.2) is 0 Å². The summed E-state index contributed by atoms with van der Waals surface area (Å²) < 4.78 is 5.62. The van der Waals surface area contributed by atoms with Gasteiger partial charge < -0.3 is 9.52 Å². The number of rotatable bonds is 2. The lowest BCUT2D eigenvalue weighted by atomic mass is 9.95. The van der Waals surface area contributed by atoms with Crippen molar-refractivity contribution in [1.29, 1.82) is 0 Å². The van der Waals surface area contributed by atoms with Gasteiger partial charge in [0.2, 0.25) is 0 Å². The lowest BCUT2D eigenvalue weighted by molar-refractivity contribution is 0.219. The molecule has 0 saturated carbocycles. The number of hydrogen-bond donors (Lipinski definition) is 1. The van der Waals surface area contributed by atoms with Crippen molar-refractivity contribution in [3.8, 4) is 0 Å². The number of benzene rings is 1. The molecule has 0 fully saturated rings. The topological polar surface area (TPSA) is 46.3 Å². The van der Waals surface area contributed by atoms with E-state index in [0.29, 0.717) is 0 Å². The summed E-state index contributed by atoms with van der Waals surface area (Å²) in [7, 11) is 0. The van der Waals surface area contributed by atoms with Gasteiger partial charge in [0.25, 0.3) is 0 Å². The van der Waals surface area contributed by atoms with Crippen LogP contribution in [-0.4, -0.2) is 10.1 Å². The number of aliphatic hydroxyl groups is 1. The third kappa shape index (κ3) is 1.91. The van der Waals surface area contributed by atoms with E-state index >= 15 is 0 Å². The fourth-order valence-corrected chi connectivity index (χ4v) is 2.73. The molecule has 2 heterocycles. The Balaban J connectivity index is 2.20. The zero-order valence-electron chi connectivity index (χ0n) is 11.8. The fourth-order valence-electron chi connectivity index (χ4n) is 2.73. The van der Waals surface area contributed by atoms with Gasteiger partial charge in [-0.05, 0) is 44.0 Å². The molecule has 0 spiro atoms. The SMILES string of the molecule is Cc1oc(C)c(C(O)c2cccc3ncccc23)c1C. The molecule has 3 rings (SSSR count). The van der Waals surface area contributed by atoms with Crippen LogP contribution in [0.2, 0.25) is 0 Å². The van der Waals surface area contributed by atoms with Crippen LogP contribution < -0.4 is 0 Å². The Morgan fingerprint density at radius 3 is 2.55 bits per heavy atom. The zero-order valence-corrected chi connectivity index (χ0v) is 11.8. The lowest BCUT2D eigenvalue weighted by Gasteiger charge is -2.14. The quantitative estimate of drug-likeness (QED) is 0.767. The van der Waals surface area contributed by atoms with E-state index in [0.717, 1.165) is 39.1 Å². The number of aryl methyl sites for hydroxylation is 2. The molecule has 0 aliphatic heterocycles. The standard InChI is InChI=1S/C17H17NO2/c1-10-11(2)20-12(3)16(10)17(19)14-6-4-8-15-13(14)7-5-9-18-15/h4-9,17,19H,1-3H3. The zero-order chi connectivity index (χ0) is 14.3. The molecule has 102 valence electrons. The minimum absolute atomic E-state index is 0.694. The molecule has 0 saturated heterocycles. The van der Waals surface area contributed by atoms with E-state index in [1.54, 1.807) is 6.20 Å². The summed E-state index contributed by atoms with van der Waals surface area (Å²) >= 11 is 0. The Bertz CT molecular complexity index is 769. The summed E-state index contributed by atoms with van der Waals surface area (Å²) in [5, 5.41) is 11.7. The molecule has 3 heteroatoms. The van der Waals surface area contributed by atoms with Crippen LogP contribution in [0.4, 0.5) is 0 Å². The maximum Gasteiger partial charge on any atom is 0.108 e. The number of pyridine rings is 1. The summed E-state index contributed by atoms with van der Waals surface area (Å²) in [6.45, 7) is 5.79. The average molecular weight is 267 g/mol. The molecule has 1 unspecified atom stereocenters. The fraction of sp³-hybridized carbons (Fsp3) is 0.235. The molecular formula is C17H17NO2. The highest BCUT2D eigenvalue weighted by Gasteiger charge is 2.22. The number of hydrogen-bond acceptors (Lipinski definition) is 3. The average Bonchev–Trinajstić information content (AvgIpc) is 2.71. The number of aliphatic hydroxyl groups excluding tert-OH is 1. The van der Waals surface area contributed by atoms with Crippen molar-refractivity contribution in [2.45, 2.75) is 26.9 Å². The first-order chi connectivity index (χ1) is 9.59. The third-order valence-electron chi connectivity index (χ3n) is 3.87. The van der Waals surface area contributed by atoms with Gasteiger partial charge >= 0.3 is 0 Å². The second kappa shape index (κ2) is 4.76. The van der Waals surface area contributed by atoms with Crippen LogP contribution in [0.1, 0.15) is 34.3 Å². The van der Waals surface area contributed by atoms with E-state index in [9.17, 15) is 5.11 Å². The molecule has 3 aromatic rings. The Kier molecular flexibility index (Phi) is 3.07. The maximum absolute atomic E-state index is 10.8. The van der Waals surface area contributed by atoms with E-state index in [2.05, 4.69) is 4.98 Å². The van der Waals surface area contributed by atoms with Crippen LogP contribution >= 0.6 is 0 Å². The van der Waals surface area contributed by atoms with E-state index in [1.807, 2.05) is 51.1 Å². The summed E-state index contributed by atoms with van der Waals surface area (Å²) in [5.41, 5.74) is 3.62. The van der Waals surface area contributed by atoms with E-state index in [-0.39, 0.29) is 0 Å². The summed E-state index contributed by atoms with van der Waals surface area (Å²) in [6.07, 6.45) is 1.07. The van der Waals surface area contributed by atoms with Crippen LogP contribution in [-0.2, 0) is 0 Å². The Labute approximate surface area is 117 Å². The summed E-state index contributed by atoms with van der Waals surface area (Å²) in [6, 6.07) is 9.69. The van der Waals surface area contributed by atoms with Crippen molar-refractivity contribution < 1.29 is 9.52 Å². The molecular weight excluding hydrogens is 250 g/mol. The summed E-state index contributed by atoms with van der Waals surface area (Å²) in [5.74, 6) is 1.63. The molecule has 1 aromatic carbocycles. The van der Waals surface area contributed by atoms with Gasteiger partial charge in [0.1, 0.15) is 17.6 Å². The molecule has 1 atom stereocenters. The molecule has 0 aliphatic rings. The molecule has 0 amide bonds. The normalized spacial score (nSPS) is 12.8. The molecule has 0 aliphatic carbocycles. The maximum atomic E-state index is 10.8. The Morgan fingerprint density at radius 1 is 1.05 bits per heavy atom. The number of nitrogens with zero attached hydrogens (tertiary/aromatic N) is 1.